The first-order valence-corrected chi connectivity index (χ1v) is 10.4. The molecule has 3 N–H and O–H groups in total. The summed E-state index contributed by atoms with van der Waals surface area (Å²) in [6.45, 7) is 3.29. The maximum Gasteiger partial charge on any atom is 0.236 e. The molecular formula is C19H23ClN2O4S. The van der Waals surface area contributed by atoms with Crippen molar-refractivity contribution in [1.29, 1.82) is 0 Å². The van der Waals surface area contributed by atoms with Gasteiger partial charge in [0.2, 0.25) is 15.9 Å². The molecule has 1 amide bonds. The van der Waals surface area contributed by atoms with E-state index in [-0.39, 0.29) is 24.7 Å². The Bertz CT molecular complexity index is 896. The van der Waals surface area contributed by atoms with Crippen LogP contribution < -0.4 is 10.0 Å². The van der Waals surface area contributed by atoms with E-state index in [2.05, 4.69) is 10.0 Å². The zero-order chi connectivity index (χ0) is 20.1. The summed E-state index contributed by atoms with van der Waals surface area (Å²) in [5, 5.41) is 12.3. The molecule has 0 aliphatic carbocycles. The number of benzene rings is 2. The Hall–Kier alpha value is -2.09. The second kappa shape index (κ2) is 8.73. The second-order valence-electron chi connectivity index (χ2n) is 6.92. The molecule has 2 rings (SSSR count). The monoisotopic (exact) mass is 410 g/mol. The Morgan fingerprint density at radius 3 is 2.33 bits per heavy atom. The van der Waals surface area contributed by atoms with Crippen LogP contribution in [0.3, 0.4) is 0 Å². The first-order valence-electron chi connectivity index (χ1n) is 8.35. The van der Waals surface area contributed by atoms with E-state index in [0.29, 0.717) is 16.3 Å². The van der Waals surface area contributed by atoms with Crippen LogP contribution in [-0.2, 0) is 27.0 Å². The summed E-state index contributed by atoms with van der Waals surface area (Å²) in [5.41, 5.74) is 0.967. The molecule has 0 atom stereocenters. The van der Waals surface area contributed by atoms with Crippen molar-refractivity contribution in [3.63, 3.8) is 0 Å². The van der Waals surface area contributed by atoms with Gasteiger partial charge >= 0.3 is 0 Å². The lowest BCUT2D eigenvalue weighted by Gasteiger charge is -2.23. The Labute approximate surface area is 164 Å². The topological polar surface area (TPSA) is 95.5 Å². The number of halogens is 1. The second-order valence-corrected chi connectivity index (χ2v) is 9.05. The van der Waals surface area contributed by atoms with E-state index in [1.165, 1.54) is 0 Å². The van der Waals surface area contributed by atoms with E-state index in [4.69, 9.17) is 11.6 Å². The highest BCUT2D eigenvalue weighted by Gasteiger charge is 2.19. The minimum atomic E-state index is -3.62. The molecule has 0 heterocycles. The molecular weight excluding hydrogens is 388 g/mol. The van der Waals surface area contributed by atoms with Crippen LogP contribution in [0.25, 0.3) is 0 Å². The number of rotatable bonds is 8. The van der Waals surface area contributed by atoms with Crippen LogP contribution in [0, 0.1) is 0 Å². The van der Waals surface area contributed by atoms with Crippen molar-refractivity contribution >= 4 is 33.2 Å². The van der Waals surface area contributed by atoms with Crippen molar-refractivity contribution < 1.29 is 18.3 Å². The molecule has 0 radical (unpaired) electrons. The van der Waals surface area contributed by atoms with Gasteiger partial charge in [-0.2, -0.15) is 0 Å². The first-order chi connectivity index (χ1) is 12.6. The molecule has 6 nitrogen and oxygen atoms in total. The molecule has 8 heteroatoms. The lowest BCUT2D eigenvalue weighted by atomic mass is 10.1. The van der Waals surface area contributed by atoms with Crippen molar-refractivity contribution in [2.24, 2.45) is 0 Å². The van der Waals surface area contributed by atoms with Crippen molar-refractivity contribution in [2.75, 3.05) is 11.3 Å². The molecule has 2 aromatic rings. The van der Waals surface area contributed by atoms with Crippen LogP contribution in [0.1, 0.15) is 25.0 Å². The molecule has 0 saturated carbocycles. The third kappa shape index (κ3) is 6.86. The Morgan fingerprint density at radius 1 is 1.11 bits per heavy atom. The van der Waals surface area contributed by atoms with Gasteiger partial charge in [0.25, 0.3) is 0 Å². The van der Waals surface area contributed by atoms with E-state index in [9.17, 15) is 18.3 Å². The molecule has 0 bridgehead atoms. The number of amides is 1. The summed E-state index contributed by atoms with van der Waals surface area (Å²) >= 11 is 6.01. The number of aliphatic hydroxyl groups is 1. The van der Waals surface area contributed by atoms with E-state index in [1.54, 1.807) is 62.4 Å². The summed E-state index contributed by atoms with van der Waals surface area (Å²) in [4.78, 5) is 12.0. The number of carbonyl (C=O) groups excluding carboxylic acids is 1. The van der Waals surface area contributed by atoms with Crippen LogP contribution in [0.2, 0.25) is 5.02 Å². The summed E-state index contributed by atoms with van der Waals surface area (Å²) in [6, 6.07) is 13.3. The smallest absolute Gasteiger partial charge is 0.236 e. The minimum Gasteiger partial charge on any atom is -0.394 e. The fraction of sp³-hybridized carbons (Fsp3) is 0.316. The number of hydrogen-bond acceptors (Lipinski definition) is 4. The average molecular weight is 411 g/mol. The van der Waals surface area contributed by atoms with Crippen LogP contribution in [0.4, 0.5) is 5.69 Å². The van der Waals surface area contributed by atoms with Crippen LogP contribution in [0.5, 0.6) is 0 Å². The molecule has 0 aromatic heterocycles. The predicted molar refractivity (Wildman–Crippen MR) is 107 cm³/mol. The highest BCUT2D eigenvalue weighted by atomic mass is 35.5. The molecule has 0 spiro atoms. The zero-order valence-corrected chi connectivity index (χ0v) is 16.8. The third-order valence-electron chi connectivity index (χ3n) is 3.77. The van der Waals surface area contributed by atoms with Gasteiger partial charge < -0.3 is 10.4 Å². The fourth-order valence-electron chi connectivity index (χ4n) is 2.37. The molecule has 0 aliphatic rings. The van der Waals surface area contributed by atoms with Crippen LogP contribution in [0.15, 0.2) is 48.5 Å². The standard InChI is InChI=1S/C19H23ClN2O4S/c1-19(2,13-23)21-18(24)11-14-7-9-16(10-8-14)22-27(25,26)12-15-5-3-4-6-17(15)20/h3-10,22-23H,11-13H2,1-2H3,(H,21,24). The quantitative estimate of drug-likeness (QED) is 0.623. The normalized spacial score (nSPS) is 11.9. The number of aliphatic hydroxyl groups excluding tert-OH is 1. The fourth-order valence-corrected chi connectivity index (χ4v) is 3.88. The van der Waals surface area contributed by atoms with Crippen molar-refractivity contribution in [3.8, 4) is 0 Å². The van der Waals surface area contributed by atoms with E-state index in [1.807, 2.05) is 0 Å². The third-order valence-corrected chi connectivity index (χ3v) is 5.37. The van der Waals surface area contributed by atoms with Crippen molar-refractivity contribution in [1.82, 2.24) is 5.32 Å². The maximum atomic E-state index is 12.3. The highest BCUT2D eigenvalue weighted by molar-refractivity contribution is 7.91. The molecule has 0 fully saturated rings. The SMILES string of the molecule is CC(C)(CO)NC(=O)Cc1ccc(NS(=O)(=O)Cc2ccccc2Cl)cc1. The van der Waals surface area contributed by atoms with E-state index < -0.39 is 15.6 Å². The Balaban J connectivity index is 1.99. The average Bonchev–Trinajstić information content (AvgIpc) is 2.58. The lowest BCUT2D eigenvalue weighted by molar-refractivity contribution is -0.122. The number of anilines is 1. The lowest BCUT2D eigenvalue weighted by Crippen LogP contribution is -2.46. The van der Waals surface area contributed by atoms with Crippen LogP contribution in [-0.4, -0.2) is 31.6 Å². The van der Waals surface area contributed by atoms with Gasteiger partial charge in [-0.3, -0.25) is 9.52 Å². The first kappa shape index (κ1) is 21.2. The van der Waals surface area contributed by atoms with Gasteiger partial charge in [-0.25, -0.2) is 8.42 Å². The van der Waals surface area contributed by atoms with Gasteiger partial charge in [-0.1, -0.05) is 41.9 Å². The van der Waals surface area contributed by atoms with Gasteiger partial charge in [0, 0.05) is 10.7 Å². The Kier molecular flexibility index (Phi) is 6.86. The molecule has 0 unspecified atom stereocenters. The minimum absolute atomic E-state index is 0.135. The summed E-state index contributed by atoms with van der Waals surface area (Å²) < 4.78 is 27.1. The maximum absolute atomic E-state index is 12.3. The zero-order valence-electron chi connectivity index (χ0n) is 15.2. The predicted octanol–water partition coefficient (Wildman–Crippen LogP) is 2.71. The molecule has 0 saturated heterocycles. The van der Waals surface area contributed by atoms with Gasteiger partial charge in [-0.15, -0.1) is 0 Å². The van der Waals surface area contributed by atoms with Crippen LogP contribution >= 0.6 is 11.6 Å². The largest absolute Gasteiger partial charge is 0.394 e. The van der Waals surface area contributed by atoms with Gasteiger partial charge in [0.05, 0.1) is 24.3 Å². The molecule has 146 valence electrons. The van der Waals surface area contributed by atoms with Crippen molar-refractivity contribution in [2.45, 2.75) is 31.6 Å². The number of nitrogens with one attached hydrogen (secondary N) is 2. The highest BCUT2D eigenvalue weighted by Crippen LogP contribution is 2.19. The summed E-state index contributed by atoms with van der Waals surface area (Å²) in [6.07, 6.45) is 0.135. The molecule has 27 heavy (non-hydrogen) atoms. The van der Waals surface area contributed by atoms with E-state index >= 15 is 0 Å². The van der Waals surface area contributed by atoms with E-state index in [0.717, 1.165) is 5.56 Å². The van der Waals surface area contributed by atoms with Crippen molar-refractivity contribution in [3.05, 3.63) is 64.7 Å². The van der Waals surface area contributed by atoms with Gasteiger partial charge in [0.1, 0.15) is 0 Å². The van der Waals surface area contributed by atoms with Gasteiger partial charge in [0.15, 0.2) is 0 Å². The summed E-state index contributed by atoms with van der Waals surface area (Å²) in [7, 11) is -3.62. The molecule has 2 aromatic carbocycles. The number of sulfonamides is 1. The molecule has 0 aliphatic heterocycles. The van der Waals surface area contributed by atoms with Gasteiger partial charge in [-0.05, 0) is 43.2 Å². The number of carbonyl (C=O) groups is 1. The summed E-state index contributed by atoms with van der Waals surface area (Å²) in [5.74, 6) is -0.450. The Morgan fingerprint density at radius 2 is 1.74 bits per heavy atom. The number of hydrogen-bond donors (Lipinski definition) is 3.